The van der Waals surface area contributed by atoms with Gasteiger partial charge in [0.05, 0.1) is 6.04 Å². The molecule has 124 valence electrons. The first-order chi connectivity index (χ1) is 9.99. The number of hydrogen-bond acceptors (Lipinski definition) is 2. The van der Waals surface area contributed by atoms with Crippen LogP contribution in [0.4, 0.5) is 5.69 Å². The quantitative estimate of drug-likeness (QED) is 0.893. The second kappa shape index (κ2) is 8.54. The molecule has 1 N–H and O–H groups in total. The summed E-state index contributed by atoms with van der Waals surface area (Å²) in [5.41, 5.74) is 4.50. The smallest absolute Gasteiger partial charge is 0.241 e. The van der Waals surface area contributed by atoms with Crippen LogP contribution in [-0.2, 0) is 4.79 Å². The summed E-state index contributed by atoms with van der Waals surface area (Å²) in [5, 5.41) is 3.14. The Morgan fingerprint density at radius 3 is 2.05 bits per heavy atom. The van der Waals surface area contributed by atoms with E-state index in [1.807, 2.05) is 6.92 Å². The van der Waals surface area contributed by atoms with E-state index >= 15 is 0 Å². The fraction of sp³-hybridized carbons (Fsp3) is 0.611. The highest BCUT2D eigenvalue weighted by atomic mass is 35.5. The number of likely N-dealkylation sites (tertiary alicyclic amines) is 1. The number of carbonyl (C=O) groups excluding carboxylic acids is 1. The van der Waals surface area contributed by atoms with Crippen LogP contribution < -0.4 is 17.7 Å². The largest absolute Gasteiger partial charge is 1.00 e. The first kappa shape index (κ1) is 19.0. The predicted octanol–water partition coefficient (Wildman–Crippen LogP) is 0.819. The number of nitrogens with zero attached hydrogens (tertiary/aromatic N) is 1. The monoisotopic (exact) mass is 323 g/mol. The van der Waals surface area contributed by atoms with Crippen molar-refractivity contribution < 1.29 is 17.2 Å². The number of benzene rings is 1. The average molecular weight is 324 g/mol. The summed E-state index contributed by atoms with van der Waals surface area (Å²) in [7, 11) is 0. The number of aryl methyl sites for hydroxylation is 3. The zero-order chi connectivity index (χ0) is 15.4. The maximum atomic E-state index is 12.6. The van der Waals surface area contributed by atoms with Gasteiger partial charge in [0, 0.05) is 5.69 Å². The molecule has 0 spiro atoms. The Morgan fingerprint density at radius 2 is 1.55 bits per heavy atom. The van der Waals surface area contributed by atoms with Gasteiger partial charge in [-0.05, 0) is 64.8 Å². The van der Waals surface area contributed by atoms with Crippen LogP contribution in [0, 0.1) is 20.8 Å². The lowest BCUT2D eigenvalue weighted by Gasteiger charge is -2.27. The molecule has 0 bridgehead atoms. The second-order valence-corrected chi connectivity index (χ2v) is 6.39. The third-order valence-electron chi connectivity index (χ3n) is 4.49. The Balaban J connectivity index is 0.00000242. The maximum absolute atomic E-state index is 12.6. The number of hydrogen-bond donors (Lipinski definition) is 1. The molecule has 0 radical (unpaired) electrons. The van der Waals surface area contributed by atoms with E-state index in [-0.39, 0.29) is 24.4 Å². The van der Waals surface area contributed by atoms with Crippen LogP contribution in [0.15, 0.2) is 12.1 Å². The molecule has 0 saturated carbocycles. The van der Waals surface area contributed by atoms with Crippen molar-refractivity contribution >= 4 is 11.6 Å². The molecule has 1 aromatic rings. The molecule has 1 fully saturated rings. The zero-order valence-electron chi connectivity index (χ0n) is 14.2. The lowest BCUT2D eigenvalue weighted by Crippen LogP contribution is -3.00. The van der Waals surface area contributed by atoms with Crippen molar-refractivity contribution in [2.75, 3.05) is 18.4 Å². The van der Waals surface area contributed by atoms with E-state index in [1.165, 1.54) is 31.2 Å². The molecule has 3 nitrogen and oxygen atoms in total. The number of rotatable bonds is 3. The van der Waals surface area contributed by atoms with Crippen molar-refractivity contribution in [3.05, 3.63) is 28.8 Å². The van der Waals surface area contributed by atoms with Gasteiger partial charge >= 0.3 is 0 Å². The van der Waals surface area contributed by atoms with Crippen molar-refractivity contribution in [3.8, 4) is 0 Å². The van der Waals surface area contributed by atoms with Gasteiger partial charge in [-0.2, -0.15) is 0 Å². The van der Waals surface area contributed by atoms with Crippen molar-refractivity contribution in [2.45, 2.75) is 59.4 Å². The molecule has 1 saturated heterocycles. The van der Waals surface area contributed by atoms with E-state index in [0.29, 0.717) is 0 Å². The Kier molecular flexibility index (Phi) is 7.37. The molecule has 1 aliphatic rings. The Labute approximate surface area is 140 Å². The van der Waals surface area contributed by atoms with Gasteiger partial charge in [0.25, 0.3) is 0 Å². The summed E-state index contributed by atoms with van der Waals surface area (Å²) in [6, 6.07) is 4.20. The van der Waals surface area contributed by atoms with Gasteiger partial charge in [-0.3, -0.25) is 9.69 Å². The van der Waals surface area contributed by atoms with E-state index < -0.39 is 0 Å². The molecule has 0 aromatic heterocycles. The number of anilines is 1. The Morgan fingerprint density at radius 1 is 1.05 bits per heavy atom. The van der Waals surface area contributed by atoms with E-state index in [9.17, 15) is 4.79 Å². The molecule has 1 amide bonds. The van der Waals surface area contributed by atoms with Gasteiger partial charge in [0.2, 0.25) is 5.91 Å². The lowest BCUT2D eigenvalue weighted by molar-refractivity contribution is -0.120. The summed E-state index contributed by atoms with van der Waals surface area (Å²) in [6.07, 6.45) is 5.00. The van der Waals surface area contributed by atoms with Crippen LogP contribution in [0.25, 0.3) is 0 Å². The number of nitrogens with one attached hydrogen (secondary N) is 1. The van der Waals surface area contributed by atoms with Crippen LogP contribution in [0.5, 0.6) is 0 Å². The molecule has 22 heavy (non-hydrogen) atoms. The van der Waals surface area contributed by atoms with Crippen molar-refractivity contribution in [2.24, 2.45) is 0 Å². The first-order valence-electron chi connectivity index (χ1n) is 8.12. The average Bonchev–Trinajstić information content (AvgIpc) is 2.70. The topological polar surface area (TPSA) is 32.3 Å². The molecule has 1 unspecified atom stereocenters. The van der Waals surface area contributed by atoms with E-state index in [2.05, 4.69) is 43.1 Å². The summed E-state index contributed by atoms with van der Waals surface area (Å²) in [6.45, 7) is 10.3. The fourth-order valence-corrected chi connectivity index (χ4v) is 3.25. The molecular formula is C18H28ClN2O-. The van der Waals surface area contributed by atoms with Crippen LogP contribution in [0.2, 0.25) is 0 Å². The normalized spacial score (nSPS) is 17.3. The van der Waals surface area contributed by atoms with Crippen molar-refractivity contribution in [3.63, 3.8) is 0 Å². The predicted molar refractivity (Wildman–Crippen MR) is 88.8 cm³/mol. The minimum absolute atomic E-state index is 0. The van der Waals surface area contributed by atoms with Crippen LogP contribution in [0.1, 0.15) is 49.3 Å². The SMILES string of the molecule is Cc1cc(C)c(NC(=O)C(C)N2CCCCCC2)c(C)c1.[Cl-]. The molecule has 1 aliphatic heterocycles. The lowest BCUT2D eigenvalue weighted by atomic mass is 10.0. The number of carbonyl (C=O) groups is 1. The summed E-state index contributed by atoms with van der Waals surface area (Å²) < 4.78 is 0. The molecule has 2 rings (SSSR count). The second-order valence-electron chi connectivity index (χ2n) is 6.39. The van der Waals surface area contributed by atoms with Gasteiger partial charge in [-0.25, -0.2) is 0 Å². The highest BCUT2D eigenvalue weighted by Gasteiger charge is 2.22. The molecule has 1 atom stereocenters. The van der Waals surface area contributed by atoms with E-state index in [1.54, 1.807) is 0 Å². The third-order valence-corrected chi connectivity index (χ3v) is 4.49. The molecule has 1 aromatic carbocycles. The number of halogens is 1. The van der Waals surface area contributed by atoms with Crippen LogP contribution in [-0.4, -0.2) is 29.9 Å². The van der Waals surface area contributed by atoms with Crippen LogP contribution in [0.3, 0.4) is 0 Å². The minimum atomic E-state index is -0.0526. The first-order valence-corrected chi connectivity index (χ1v) is 8.12. The summed E-state index contributed by atoms with van der Waals surface area (Å²) in [4.78, 5) is 14.9. The van der Waals surface area contributed by atoms with Crippen LogP contribution >= 0.6 is 0 Å². The minimum Gasteiger partial charge on any atom is -1.00 e. The molecule has 0 aliphatic carbocycles. The van der Waals surface area contributed by atoms with Gasteiger partial charge in [0.1, 0.15) is 0 Å². The van der Waals surface area contributed by atoms with Crippen molar-refractivity contribution in [1.29, 1.82) is 0 Å². The van der Waals surface area contributed by atoms with Crippen molar-refractivity contribution in [1.82, 2.24) is 4.90 Å². The molecule has 4 heteroatoms. The van der Waals surface area contributed by atoms with E-state index in [4.69, 9.17) is 0 Å². The summed E-state index contributed by atoms with van der Waals surface area (Å²) >= 11 is 0. The van der Waals surface area contributed by atoms with Gasteiger partial charge in [-0.1, -0.05) is 30.5 Å². The number of amides is 1. The highest BCUT2D eigenvalue weighted by molar-refractivity contribution is 5.96. The molecular weight excluding hydrogens is 296 g/mol. The zero-order valence-corrected chi connectivity index (χ0v) is 15.0. The maximum Gasteiger partial charge on any atom is 0.241 e. The van der Waals surface area contributed by atoms with E-state index in [0.717, 1.165) is 29.9 Å². The van der Waals surface area contributed by atoms with Gasteiger partial charge in [-0.15, -0.1) is 0 Å². The highest BCUT2D eigenvalue weighted by Crippen LogP contribution is 2.22. The fourth-order valence-electron chi connectivity index (χ4n) is 3.25. The Hall–Kier alpha value is -1.06. The Bertz CT molecular complexity index is 485. The standard InChI is InChI=1S/C18H28N2O.ClH/c1-13-11-14(2)17(15(3)12-13)19-18(21)16(4)20-9-7-5-6-8-10-20;/h11-12,16H,5-10H2,1-4H3,(H,19,21);1H/p-1. The molecule has 1 heterocycles. The third kappa shape index (κ3) is 4.72. The summed E-state index contributed by atoms with van der Waals surface area (Å²) in [5.74, 6) is 0.118. The van der Waals surface area contributed by atoms with Gasteiger partial charge in [0.15, 0.2) is 0 Å². The van der Waals surface area contributed by atoms with Gasteiger partial charge < -0.3 is 17.7 Å².